The lowest BCUT2D eigenvalue weighted by atomic mass is 10.0. The number of aryl methyl sites for hydroxylation is 1. The summed E-state index contributed by atoms with van der Waals surface area (Å²) in [5, 5.41) is 29.6. The third-order valence-electron chi connectivity index (χ3n) is 5.12. The van der Waals surface area contributed by atoms with Crippen molar-refractivity contribution in [2.24, 2.45) is 12.2 Å². The standard InChI is InChI=1S/C19H19N9O6S2/c1-27-19(23-25-26-27)36-7-9-6-35-17-13(16(31)28(17)14(9)18(32)33)22-15(30)12(24-34-2)11-5-10(21-8-29)3-4-20-11/h3-5,8,13,17H,6-7H2,1-2H3,(H,22,30)(H,32,33)(H,20,21,29)/t13?,17-/m0/s1. The lowest BCUT2D eigenvalue weighted by Gasteiger charge is -2.49. The summed E-state index contributed by atoms with van der Waals surface area (Å²) in [5.74, 6) is -1.95. The molecule has 15 nitrogen and oxygen atoms in total. The molecular weight excluding hydrogens is 514 g/mol. The lowest BCUT2D eigenvalue weighted by Crippen LogP contribution is -2.71. The van der Waals surface area contributed by atoms with Crippen molar-refractivity contribution in [3.05, 3.63) is 35.3 Å². The smallest absolute Gasteiger partial charge is 0.352 e. The number of nitrogens with zero attached hydrogens (tertiary/aromatic N) is 7. The maximum atomic E-state index is 13.0. The molecule has 17 heteroatoms. The van der Waals surface area contributed by atoms with Crippen molar-refractivity contribution in [1.82, 2.24) is 35.4 Å². The van der Waals surface area contributed by atoms with Gasteiger partial charge in [0.05, 0.1) is 5.69 Å². The topological polar surface area (TPSA) is 194 Å². The number of carbonyl (C=O) groups excluding carboxylic acids is 3. The Kier molecular flexibility index (Phi) is 7.49. The van der Waals surface area contributed by atoms with Crippen LogP contribution in [0.2, 0.25) is 0 Å². The average Bonchev–Trinajstić information content (AvgIpc) is 3.28. The number of carboxylic acid groups (broad SMARTS) is 1. The molecule has 2 aliphatic rings. The molecule has 3 N–H and O–H groups in total. The maximum Gasteiger partial charge on any atom is 0.352 e. The number of β-lactam (4-membered cyclic amide) rings is 1. The first kappa shape index (κ1) is 25.1. The van der Waals surface area contributed by atoms with Gasteiger partial charge in [-0.05, 0) is 28.1 Å². The fourth-order valence-corrected chi connectivity index (χ4v) is 5.85. The van der Waals surface area contributed by atoms with E-state index in [1.165, 1.54) is 58.5 Å². The zero-order valence-electron chi connectivity index (χ0n) is 18.8. The van der Waals surface area contributed by atoms with Crippen molar-refractivity contribution < 1.29 is 29.1 Å². The van der Waals surface area contributed by atoms with Gasteiger partial charge in [-0.15, -0.1) is 16.9 Å². The van der Waals surface area contributed by atoms with Crippen LogP contribution in [0.25, 0.3) is 0 Å². The van der Waals surface area contributed by atoms with Crippen LogP contribution in [0.3, 0.4) is 0 Å². The van der Waals surface area contributed by atoms with Crippen LogP contribution < -0.4 is 10.6 Å². The van der Waals surface area contributed by atoms with E-state index in [9.17, 15) is 24.3 Å². The number of carbonyl (C=O) groups is 4. The first-order valence-corrected chi connectivity index (χ1v) is 12.2. The third-order valence-corrected chi connectivity index (χ3v) is 7.56. The van der Waals surface area contributed by atoms with E-state index in [4.69, 9.17) is 4.84 Å². The van der Waals surface area contributed by atoms with Gasteiger partial charge >= 0.3 is 5.97 Å². The Morgan fingerprint density at radius 1 is 1.44 bits per heavy atom. The molecule has 36 heavy (non-hydrogen) atoms. The summed E-state index contributed by atoms with van der Waals surface area (Å²) in [5.41, 5.74) is 0.684. The predicted octanol–water partition coefficient (Wildman–Crippen LogP) is -0.945. The second kappa shape index (κ2) is 10.7. The Morgan fingerprint density at radius 2 is 2.25 bits per heavy atom. The van der Waals surface area contributed by atoms with Crippen LogP contribution in [0, 0.1) is 0 Å². The molecule has 1 unspecified atom stereocenters. The van der Waals surface area contributed by atoms with Crippen LogP contribution in [0.15, 0.2) is 39.9 Å². The van der Waals surface area contributed by atoms with E-state index in [2.05, 4.69) is 36.3 Å². The van der Waals surface area contributed by atoms with E-state index in [-0.39, 0.29) is 22.9 Å². The summed E-state index contributed by atoms with van der Waals surface area (Å²) in [7, 11) is 2.91. The molecule has 0 aromatic carbocycles. The minimum atomic E-state index is -1.24. The van der Waals surface area contributed by atoms with E-state index >= 15 is 0 Å². The van der Waals surface area contributed by atoms with Crippen molar-refractivity contribution in [2.45, 2.75) is 16.6 Å². The van der Waals surface area contributed by atoms with E-state index in [1.807, 2.05) is 0 Å². The Hall–Kier alpha value is -3.99. The number of hydrogen-bond acceptors (Lipinski definition) is 12. The number of fused-ring (bicyclic) bond motifs is 1. The Balaban J connectivity index is 1.50. The van der Waals surface area contributed by atoms with E-state index in [0.29, 0.717) is 28.6 Å². The molecule has 4 heterocycles. The predicted molar refractivity (Wildman–Crippen MR) is 127 cm³/mol. The number of tetrazole rings is 1. The summed E-state index contributed by atoms with van der Waals surface area (Å²) in [6.07, 6.45) is 1.84. The van der Waals surface area contributed by atoms with Gasteiger partial charge in [-0.1, -0.05) is 16.9 Å². The van der Waals surface area contributed by atoms with Gasteiger partial charge in [-0.25, -0.2) is 9.48 Å². The number of hydrogen-bond donors (Lipinski definition) is 3. The van der Waals surface area contributed by atoms with Crippen LogP contribution in [0.4, 0.5) is 5.69 Å². The first-order chi connectivity index (χ1) is 17.3. The van der Waals surface area contributed by atoms with Crippen LogP contribution in [0.1, 0.15) is 5.69 Å². The molecule has 0 bridgehead atoms. The number of nitrogens with one attached hydrogen (secondary N) is 2. The average molecular weight is 534 g/mol. The molecule has 4 rings (SSSR count). The molecule has 0 radical (unpaired) electrons. The molecule has 2 atom stereocenters. The molecule has 2 aromatic heterocycles. The van der Waals surface area contributed by atoms with Gasteiger partial charge in [0.1, 0.15) is 24.2 Å². The third kappa shape index (κ3) is 4.87. The van der Waals surface area contributed by atoms with Crippen LogP contribution >= 0.6 is 23.5 Å². The highest BCUT2D eigenvalue weighted by Gasteiger charge is 2.54. The van der Waals surface area contributed by atoms with Gasteiger partial charge in [-0.3, -0.25) is 24.3 Å². The molecule has 1 saturated heterocycles. The number of oxime groups is 1. The molecular formula is C19H19N9O6S2. The quantitative estimate of drug-likeness (QED) is 0.112. The highest BCUT2D eigenvalue weighted by molar-refractivity contribution is 8.01. The molecule has 2 aliphatic heterocycles. The first-order valence-electron chi connectivity index (χ1n) is 10.2. The number of thioether (sulfide) groups is 2. The van der Waals surface area contributed by atoms with Crippen molar-refractivity contribution in [1.29, 1.82) is 0 Å². The van der Waals surface area contributed by atoms with Crippen molar-refractivity contribution in [2.75, 3.05) is 23.9 Å². The molecule has 1 fully saturated rings. The number of carboxylic acids is 1. The van der Waals surface area contributed by atoms with Gasteiger partial charge in [-0.2, -0.15) is 0 Å². The fraction of sp³-hybridized carbons (Fsp3) is 0.316. The second-order valence-corrected chi connectivity index (χ2v) is 9.35. The Bertz CT molecular complexity index is 1280. The van der Waals surface area contributed by atoms with Crippen molar-refractivity contribution in [3.63, 3.8) is 0 Å². The van der Waals surface area contributed by atoms with Crippen molar-refractivity contribution in [3.8, 4) is 0 Å². The molecule has 2 aromatic rings. The highest BCUT2D eigenvalue weighted by Crippen LogP contribution is 2.41. The SMILES string of the molecule is CON=C(C(=O)NC1C(=O)N2C(C(=O)O)=C(CSc3nnnn3C)CS[C@@H]12)c1cc(NC=O)ccn1. The summed E-state index contributed by atoms with van der Waals surface area (Å²) < 4.78 is 1.46. The second-order valence-electron chi connectivity index (χ2n) is 7.31. The fourth-order valence-electron chi connectivity index (χ4n) is 3.51. The van der Waals surface area contributed by atoms with Crippen LogP contribution in [0.5, 0.6) is 0 Å². The zero-order chi connectivity index (χ0) is 25.8. The highest BCUT2D eigenvalue weighted by atomic mass is 32.2. The van der Waals surface area contributed by atoms with E-state index in [1.54, 1.807) is 7.05 Å². The maximum absolute atomic E-state index is 13.0. The van der Waals surface area contributed by atoms with E-state index in [0.717, 1.165) is 0 Å². The number of amides is 3. The van der Waals surface area contributed by atoms with Crippen molar-refractivity contribution >= 4 is 59.1 Å². The van der Waals surface area contributed by atoms with Gasteiger partial charge in [0, 0.05) is 30.4 Å². The molecule has 3 amide bonds. The minimum absolute atomic E-state index is 0.102. The van der Waals surface area contributed by atoms with Crippen LogP contribution in [-0.2, 0) is 31.1 Å². The summed E-state index contributed by atoms with van der Waals surface area (Å²) >= 11 is 2.58. The Morgan fingerprint density at radius 3 is 2.92 bits per heavy atom. The number of pyridine rings is 1. The molecule has 0 spiro atoms. The summed E-state index contributed by atoms with van der Waals surface area (Å²) in [4.78, 5) is 58.7. The lowest BCUT2D eigenvalue weighted by molar-refractivity contribution is -0.150. The molecule has 188 valence electrons. The van der Waals surface area contributed by atoms with Gasteiger partial charge in [0.2, 0.25) is 11.6 Å². The minimum Gasteiger partial charge on any atom is -0.477 e. The monoisotopic (exact) mass is 533 g/mol. The number of aliphatic carboxylic acids is 1. The number of anilines is 1. The van der Waals surface area contributed by atoms with E-state index < -0.39 is 29.2 Å². The Labute approximate surface area is 211 Å². The molecule has 0 saturated carbocycles. The van der Waals surface area contributed by atoms with Gasteiger partial charge in [0.25, 0.3) is 11.8 Å². The largest absolute Gasteiger partial charge is 0.477 e. The molecule has 0 aliphatic carbocycles. The van der Waals surface area contributed by atoms with Gasteiger partial charge in [0.15, 0.2) is 5.71 Å². The van der Waals surface area contributed by atoms with Crippen LogP contribution in [-0.4, -0.2) is 95.1 Å². The number of rotatable bonds is 10. The van der Waals surface area contributed by atoms with Gasteiger partial charge < -0.3 is 20.6 Å². The summed E-state index contributed by atoms with van der Waals surface area (Å²) in [6, 6.07) is 1.95. The normalized spacial score (nSPS) is 19.3. The zero-order valence-corrected chi connectivity index (χ0v) is 20.4. The number of aromatic nitrogens is 5. The summed E-state index contributed by atoms with van der Waals surface area (Å²) in [6.45, 7) is 0.